The smallest absolute Gasteiger partial charge is 0.00189 e. The summed E-state index contributed by atoms with van der Waals surface area (Å²) in [5, 5.41) is 0.903. The average Bonchev–Trinajstić information content (AvgIpc) is 1.95. The number of hydrogen-bond acceptors (Lipinski definition) is 1. The lowest BCUT2D eigenvalue weighted by atomic mass is 9.94. The summed E-state index contributed by atoms with van der Waals surface area (Å²) in [6, 6.07) is 0. The van der Waals surface area contributed by atoms with Crippen molar-refractivity contribution in [3.63, 3.8) is 0 Å². The maximum absolute atomic E-state index is 2.40. The average molecular weight is 172 g/mol. The standard InChI is InChI=1S/C10H20S/c1-8-4-5-10(3)11-7-9(2)6-8/h8-10H,4-7H2,1-3H3. The van der Waals surface area contributed by atoms with Gasteiger partial charge in [-0.2, -0.15) is 11.8 Å². The zero-order chi connectivity index (χ0) is 8.27. The molecule has 3 unspecified atom stereocenters. The Balaban J connectivity index is 2.34. The first-order chi connectivity index (χ1) is 5.18. The molecule has 0 radical (unpaired) electrons. The van der Waals surface area contributed by atoms with Gasteiger partial charge in [0.15, 0.2) is 0 Å². The fraction of sp³-hybridized carbons (Fsp3) is 1.00. The lowest BCUT2D eigenvalue weighted by Gasteiger charge is -2.23. The van der Waals surface area contributed by atoms with Gasteiger partial charge in [-0.15, -0.1) is 0 Å². The van der Waals surface area contributed by atoms with Crippen molar-refractivity contribution in [3.8, 4) is 0 Å². The molecule has 1 heterocycles. The first kappa shape index (κ1) is 9.44. The summed E-state index contributed by atoms with van der Waals surface area (Å²) in [6.07, 6.45) is 4.32. The predicted molar refractivity (Wildman–Crippen MR) is 54.1 cm³/mol. The highest BCUT2D eigenvalue weighted by Gasteiger charge is 2.15. The molecule has 0 saturated carbocycles. The third kappa shape index (κ3) is 3.50. The van der Waals surface area contributed by atoms with E-state index in [1.54, 1.807) is 0 Å². The molecule has 0 amide bonds. The Kier molecular flexibility index (Phi) is 3.77. The van der Waals surface area contributed by atoms with Gasteiger partial charge in [-0.3, -0.25) is 0 Å². The van der Waals surface area contributed by atoms with Gasteiger partial charge in [-0.05, 0) is 36.9 Å². The molecule has 3 atom stereocenters. The molecule has 0 bridgehead atoms. The second-order valence-electron chi connectivity index (χ2n) is 4.17. The first-order valence-electron chi connectivity index (χ1n) is 4.80. The van der Waals surface area contributed by atoms with Crippen molar-refractivity contribution in [1.82, 2.24) is 0 Å². The number of hydrogen-bond donors (Lipinski definition) is 0. The molecule has 0 aliphatic carbocycles. The van der Waals surface area contributed by atoms with Crippen LogP contribution in [0.2, 0.25) is 0 Å². The Morgan fingerprint density at radius 3 is 2.45 bits per heavy atom. The minimum atomic E-state index is 0.903. The van der Waals surface area contributed by atoms with Crippen molar-refractivity contribution in [2.75, 3.05) is 5.75 Å². The van der Waals surface area contributed by atoms with Crippen molar-refractivity contribution in [2.24, 2.45) is 11.8 Å². The first-order valence-corrected chi connectivity index (χ1v) is 5.85. The van der Waals surface area contributed by atoms with Crippen LogP contribution in [-0.2, 0) is 0 Å². The molecule has 0 spiro atoms. The molecule has 0 aromatic rings. The van der Waals surface area contributed by atoms with Gasteiger partial charge in [0, 0.05) is 5.25 Å². The molecular formula is C10H20S. The Hall–Kier alpha value is 0.350. The van der Waals surface area contributed by atoms with Gasteiger partial charge in [0.25, 0.3) is 0 Å². The van der Waals surface area contributed by atoms with Crippen LogP contribution in [0.4, 0.5) is 0 Å². The molecule has 0 aromatic carbocycles. The van der Waals surface area contributed by atoms with E-state index < -0.39 is 0 Å². The quantitative estimate of drug-likeness (QED) is 0.538. The van der Waals surface area contributed by atoms with Gasteiger partial charge in [0.2, 0.25) is 0 Å². The van der Waals surface area contributed by atoms with Crippen LogP contribution in [0.3, 0.4) is 0 Å². The molecule has 1 rings (SSSR count). The zero-order valence-corrected chi connectivity index (χ0v) is 8.79. The Morgan fingerprint density at radius 2 is 1.73 bits per heavy atom. The minimum absolute atomic E-state index is 0.903. The SMILES string of the molecule is CC1CCC(C)SCC(C)C1. The largest absolute Gasteiger partial charge is 0.159 e. The van der Waals surface area contributed by atoms with Crippen LogP contribution >= 0.6 is 11.8 Å². The summed E-state index contributed by atoms with van der Waals surface area (Å²) in [5.74, 6) is 3.29. The van der Waals surface area contributed by atoms with Crippen molar-refractivity contribution in [3.05, 3.63) is 0 Å². The van der Waals surface area contributed by atoms with Crippen LogP contribution in [-0.4, -0.2) is 11.0 Å². The van der Waals surface area contributed by atoms with Crippen LogP contribution in [0, 0.1) is 11.8 Å². The molecule has 1 aliphatic rings. The van der Waals surface area contributed by atoms with E-state index in [-0.39, 0.29) is 0 Å². The minimum Gasteiger partial charge on any atom is -0.159 e. The lowest BCUT2D eigenvalue weighted by molar-refractivity contribution is 0.402. The molecule has 0 N–H and O–H groups in total. The highest BCUT2D eigenvalue weighted by Crippen LogP contribution is 2.29. The Morgan fingerprint density at radius 1 is 1.00 bits per heavy atom. The number of thioether (sulfide) groups is 1. The summed E-state index contributed by atoms with van der Waals surface area (Å²) in [5.41, 5.74) is 0. The molecule has 1 heteroatoms. The molecular weight excluding hydrogens is 152 g/mol. The van der Waals surface area contributed by atoms with Crippen LogP contribution in [0.5, 0.6) is 0 Å². The molecule has 66 valence electrons. The van der Waals surface area contributed by atoms with Crippen molar-refractivity contribution in [2.45, 2.75) is 45.3 Å². The molecule has 1 fully saturated rings. The third-order valence-electron chi connectivity index (χ3n) is 2.54. The van der Waals surface area contributed by atoms with Gasteiger partial charge in [-0.25, -0.2) is 0 Å². The van der Waals surface area contributed by atoms with E-state index in [1.165, 1.54) is 25.0 Å². The van der Waals surface area contributed by atoms with Crippen molar-refractivity contribution in [1.29, 1.82) is 0 Å². The Labute approximate surface area is 75.1 Å². The maximum atomic E-state index is 2.40. The summed E-state index contributed by atoms with van der Waals surface area (Å²) in [6.45, 7) is 7.16. The molecule has 0 aromatic heterocycles. The zero-order valence-electron chi connectivity index (χ0n) is 7.97. The van der Waals surface area contributed by atoms with Gasteiger partial charge in [-0.1, -0.05) is 20.8 Å². The molecule has 1 saturated heterocycles. The normalized spacial score (nSPS) is 41.2. The summed E-state index contributed by atoms with van der Waals surface area (Å²) < 4.78 is 0. The molecule has 11 heavy (non-hydrogen) atoms. The van der Waals surface area contributed by atoms with Crippen LogP contribution in [0.1, 0.15) is 40.0 Å². The summed E-state index contributed by atoms with van der Waals surface area (Å²) >= 11 is 2.16. The third-order valence-corrected chi connectivity index (χ3v) is 4.10. The second-order valence-corrected chi connectivity index (χ2v) is 5.64. The van der Waals surface area contributed by atoms with E-state index in [4.69, 9.17) is 0 Å². The second kappa shape index (κ2) is 4.39. The van der Waals surface area contributed by atoms with Crippen LogP contribution in [0.25, 0.3) is 0 Å². The topological polar surface area (TPSA) is 0 Å². The summed E-state index contributed by atoms with van der Waals surface area (Å²) in [4.78, 5) is 0. The highest BCUT2D eigenvalue weighted by molar-refractivity contribution is 7.99. The maximum Gasteiger partial charge on any atom is 0.00189 e. The fourth-order valence-electron chi connectivity index (χ4n) is 1.80. The van der Waals surface area contributed by atoms with E-state index >= 15 is 0 Å². The molecule has 0 nitrogen and oxygen atoms in total. The van der Waals surface area contributed by atoms with Crippen LogP contribution < -0.4 is 0 Å². The monoisotopic (exact) mass is 172 g/mol. The fourth-order valence-corrected chi connectivity index (χ4v) is 2.90. The van der Waals surface area contributed by atoms with E-state index in [0.29, 0.717) is 0 Å². The predicted octanol–water partition coefficient (Wildman–Crippen LogP) is 3.56. The van der Waals surface area contributed by atoms with Gasteiger partial charge >= 0.3 is 0 Å². The Bertz CT molecular complexity index is 99.4. The molecule has 1 aliphatic heterocycles. The van der Waals surface area contributed by atoms with Crippen molar-refractivity contribution < 1.29 is 0 Å². The van der Waals surface area contributed by atoms with Gasteiger partial charge < -0.3 is 0 Å². The van der Waals surface area contributed by atoms with Gasteiger partial charge in [0.05, 0.1) is 0 Å². The van der Waals surface area contributed by atoms with E-state index in [0.717, 1.165) is 17.1 Å². The van der Waals surface area contributed by atoms with E-state index in [9.17, 15) is 0 Å². The van der Waals surface area contributed by atoms with Crippen LogP contribution in [0.15, 0.2) is 0 Å². The van der Waals surface area contributed by atoms with E-state index in [1.807, 2.05) is 0 Å². The summed E-state index contributed by atoms with van der Waals surface area (Å²) in [7, 11) is 0. The lowest BCUT2D eigenvalue weighted by Crippen LogP contribution is -2.13. The van der Waals surface area contributed by atoms with Crippen molar-refractivity contribution >= 4 is 11.8 Å². The van der Waals surface area contributed by atoms with Gasteiger partial charge in [0.1, 0.15) is 0 Å². The number of rotatable bonds is 0. The highest BCUT2D eigenvalue weighted by atomic mass is 32.2. The van der Waals surface area contributed by atoms with E-state index in [2.05, 4.69) is 32.5 Å².